The van der Waals surface area contributed by atoms with E-state index in [1.807, 2.05) is 44.2 Å². The van der Waals surface area contributed by atoms with Crippen LogP contribution >= 0.6 is 15.9 Å². The van der Waals surface area contributed by atoms with Gasteiger partial charge >= 0.3 is 0 Å². The molecule has 0 aliphatic heterocycles. The molecule has 0 unspecified atom stereocenters. The van der Waals surface area contributed by atoms with Gasteiger partial charge < -0.3 is 9.63 Å². The third-order valence-corrected chi connectivity index (χ3v) is 4.18. The minimum atomic E-state index is 0.165. The fraction of sp³-hybridized carbons (Fsp3) is 0.125. The average Bonchev–Trinajstić information content (AvgIpc) is 2.94. The van der Waals surface area contributed by atoms with Crippen LogP contribution in [0.1, 0.15) is 11.1 Å². The third-order valence-electron chi connectivity index (χ3n) is 3.32. The largest absolute Gasteiger partial charge is 0.507 e. The van der Waals surface area contributed by atoms with E-state index in [2.05, 4.69) is 26.1 Å². The van der Waals surface area contributed by atoms with Crippen LogP contribution in [0.4, 0.5) is 0 Å². The van der Waals surface area contributed by atoms with Crippen LogP contribution in [-0.4, -0.2) is 15.2 Å². The molecule has 3 rings (SSSR count). The maximum absolute atomic E-state index is 10.1. The first-order chi connectivity index (χ1) is 10.1. The van der Waals surface area contributed by atoms with Gasteiger partial charge in [0.1, 0.15) is 5.75 Å². The fourth-order valence-corrected chi connectivity index (χ4v) is 2.39. The molecule has 2 aromatic carbocycles. The smallest absolute Gasteiger partial charge is 0.262 e. The van der Waals surface area contributed by atoms with Crippen LogP contribution < -0.4 is 0 Å². The first-order valence-corrected chi connectivity index (χ1v) is 7.25. The zero-order chi connectivity index (χ0) is 15.0. The molecule has 0 amide bonds. The van der Waals surface area contributed by atoms with E-state index < -0.39 is 0 Å². The van der Waals surface area contributed by atoms with E-state index in [0.29, 0.717) is 17.3 Å². The number of halogens is 1. The molecule has 0 fully saturated rings. The Morgan fingerprint density at radius 2 is 1.90 bits per heavy atom. The summed E-state index contributed by atoms with van der Waals surface area (Å²) in [6, 6.07) is 11.3. The number of hydrogen-bond acceptors (Lipinski definition) is 4. The summed E-state index contributed by atoms with van der Waals surface area (Å²) >= 11 is 3.49. The number of benzene rings is 2. The molecule has 0 spiro atoms. The van der Waals surface area contributed by atoms with Gasteiger partial charge in [-0.1, -0.05) is 45.4 Å². The predicted molar refractivity (Wildman–Crippen MR) is 84.0 cm³/mol. The molecule has 21 heavy (non-hydrogen) atoms. The number of phenols is 1. The number of rotatable bonds is 2. The summed E-state index contributed by atoms with van der Waals surface area (Å²) < 4.78 is 6.27. The summed E-state index contributed by atoms with van der Waals surface area (Å²) in [6.45, 7) is 3.84. The maximum atomic E-state index is 10.1. The molecule has 0 aliphatic carbocycles. The molecule has 0 aliphatic rings. The summed E-state index contributed by atoms with van der Waals surface area (Å²) in [5.41, 5.74) is 3.30. The van der Waals surface area contributed by atoms with E-state index in [1.165, 1.54) is 0 Å². The summed E-state index contributed by atoms with van der Waals surface area (Å²) in [4.78, 5) is 4.36. The van der Waals surface area contributed by atoms with Crippen molar-refractivity contribution in [2.75, 3.05) is 0 Å². The van der Waals surface area contributed by atoms with Crippen LogP contribution in [0.3, 0.4) is 0 Å². The summed E-state index contributed by atoms with van der Waals surface area (Å²) in [7, 11) is 0. The fourth-order valence-electron chi connectivity index (χ4n) is 2.01. The molecule has 0 radical (unpaired) electrons. The van der Waals surface area contributed by atoms with Crippen LogP contribution in [0.5, 0.6) is 5.75 Å². The van der Waals surface area contributed by atoms with Gasteiger partial charge in [-0.25, -0.2) is 0 Å². The highest BCUT2D eigenvalue weighted by Crippen LogP contribution is 2.32. The van der Waals surface area contributed by atoms with Crippen molar-refractivity contribution in [3.63, 3.8) is 0 Å². The standard InChI is InChI=1S/C16H13BrN2O2/c1-9-6-7-11(8-13(9)17)15-18-16(21-19-15)12-5-3-4-10(2)14(12)20/h3-8,20H,1-2H3. The highest BCUT2D eigenvalue weighted by molar-refractivity contribution is 9.10. The van der Waals surface area contributed by atoms with Gasteiger partial charge in [-0.3, -0.25) is 0 Å². The van der Waals surface area contributed by atoms with Crippen LogP contribution in [0.2, 0.25) is 0 Å². The van der Waals surface area contributed by atoms with E-state index in [1.54, 1.807) is 6.07 Å². The topological polar surface area (TPSA) is 59.2 Å². The zero-order valence-corrected chi connectivity index (χ0v) is 13.2. The second-order valence-corrected chi connectivity index (χ2v) is 5.71. The Kier molecular flexibility index (Phi) is 3.51. The van der Waals surface area contributed by atoms with Crippen molar-refractivity contribution in [2.45, 2.75) is 13.8 Å². The Labute approximate surface area is 130 Å². The van der Waals surface area contributed by atoms with Gasteiger partial charge in [-0.05, 0) is 37.1 Å². The van der Waals surface area contributed by atoms with Crippen molar-refractivity contribution in [1.29, 1.82) is 0 Å². The van der Waals surface area contributed by atoms with E-state index in [4.69, 9.17) is 4.52 Å². The molecule has 1 N–H and O–H groups in total. The Bertz CT molecular complexity index is 812. The summed E-state index contributed by atoms with van der Waals surface area (Å²) in [6.07, 6.45) is 0. The van der Waals surface area contributed by atoms with Gasteiger partial charge in [0.25, 0.3) is 5.89 Å². The predicted octanol–water partition coefficient (Wildman–Crippen LogP) is 4.49. The Balaban J connectivity index is 2.03. The van der Waals surface area contributed by atoms with Gasteiger partial charge in [0.15, 0.2) is 0 Å². The molecule has 0 bridgehead atoms. The monoisotopic (exact) mass is 344 g/mol. The first-order valence-electron chi connectivity index (χ1n) is 6.45. The Morgan fingerprint density at radius 1 is 1.10 bits per heavy atom. The highest BCUT2D eigenvalue weighted by Gasteiger charge is 2.15. The van der Waals surface area contributed by atoms with Crippen LogP contribution in [-0.2, 0) is 0 Å². The lowest BCUT2D eigenvalue weighted by atomic mass is 10.1. The average molecular weight is 345 g/mol. The normalized spacial score (nSPS) is 10.8. The summed E-state index contributed by atoms with van der Waals surface area (Å²) in [5, 5.41) is 14.1. The molecule has 106 valence electrons. The lowest BCUT2D eigenvalue weighted by molar-refractivity contribution is 0.425. The van der Waals surface area contributed by atoms with E-state index in [-0.39, 0.29) is 5.75 Å². The maximum Gasteiger partial charge on any atom is 0.262 e. The number of para-hydroxylation sites is 1. The molecule has 0 saturated heterocycles. The zero-order valence-electron chi connectivity index (χ0n) is 11.6. The molecule has 1 aromatic heterocycles. The van der Waals surface area contributed by atoms with Crippen molar-refractivity contribution in [3.05, 3.63) is 52.0 Å². The molecule has 4 nitrogen and oxygen atoms in total. The minimum absolute atomic E-state index is 0.165. The summed E-state index contributed by atoms with van der Waals surface area (Å²) in [5.74, 6) is 0.965. The highest BCUT2D eigenvalue weighted by atomic mass is 79.9. The molecule has 0 atom stereocenters. The molecule has 5 heteroatoms. The quantitative estimate of drug-likeness (QED) is 0.744. The minimum Gasteiger partial charge on any atom is -0.507 e. The second-order valence-electron chi connectivity index (χ2n) is 4.86. The van der Waals surface area contributed by atoms with E-state index in [0.717, 1.165) is 21.2 Å². The van der Waals surface area contributed by atoms with Crippen molar-refractivity contribution >= 4 is 15.9 Å². The lowest BCUT2D eigenvalue weighted by Crippen LogP contribution is -1.84. The van der Waals surface area contributed by atoms with Crippen molar-refractivity contribution < 1.29 is 9.63 Å². The van der Waals surface area contributed by atoms with Crippen LogP contribution in [0.25, 0.3) is 22.8 Å². The number of aryl methyl sites for hydroxylation is 2. The Hall–Kier alpha value is -2.14. The van der Waals surface area contributed by atoms with Crippen LogP contribution in [0.15, 0.2) is 45.4 Å². The number of phenolic OH excluding ortho intramolecular Hbond substituents is 1. The first kappa shape index (κ1) is 13.8. The van der Waals surface area contributed by atoms with Crippen LogP contribution in [0, 0.1) is 13.8 Å². The second kappa shape index (κ2) is 5.33. The number of aromatic hydroxyl groups is 1. The number of hydrogen-bond donors (Lipinski definition) is 1. The third kappa shape index (κ3) is 2.56. The van der Waals surface area contributed by atoms with Gasteiger partial charge in [0, 0.05) is 10.0 Å². The molecular weight excluding hydrogens is 332 g/mol. The SMILES string of the molecule is Cc1ccc(-c2noc(-c3cccc(C)c3O)n2)cc1Br. The van der Waals surface area contributed by atoms with E-state index >= 15 is 0 Å². The van der Waals surface area contributed by atoms with Gasteiger partial charge in [0.05, 0.1) is 5.56 Å². The van der Waals surface area contributed by atoms with Crippen molar-refractivity contribution in [1.82, 2.24) is 10.1 Å². The van der Waals surface area contributed by atoms with Gasteiger partial charge in [0.2, 0.25) is 5.82 Å². The number of aromatic nitrogens is 2. The lowest BCUT2D eigenvalue weighted by Gasteiger charge is -2.01. The van der Waals surface area contributed by atoms with Gasteiger partial charge in [-0.15, -0.1) is 0 Å². The molecule has 1 heterocycles. The van der Waals surface area contributed by atoms with E-state index in [9.17, 15) is 5.11 Å². The molecule has 0 saturated carbocycles. The number of nitrogens with zero attached hydrogens (tertiary/aromatic N) is 2. The molecule has 3 aromatic rings. The Morgan fingerprint density at radius 3 is 2.67 bits per heavy atom. The van der Waals surface area contributed by atoms with Gasteiger partial charge in [-0.2, -0.15) is 4.98 Å². The van der Waals surface area contributed by atoms with Crippen molar-refractivity contribution in [2.24, 2.45) is 0 Å². The van der Waals surface area contributed by atoms with Crippen molar-refractivity contribution in [3.8, 4) is 28.6 Å². The molecular formula is C16H13BrN2O2.